The van der Waals surface area contributed by atoms with Gasteiger partial charge in [0.15, 0.2) is 0 Å². The Morgan fingerprint density at radius 3 is 2.87 bits per heavy atom. The highest BCUT2D eigenvalue weighted by molar-refractivity contribution is 6.30. The Kier molecular flexibility index (Phi) is 2.96. The molecule has 1 aliphatic heterocycles. The van der Waals surface area contributed by atoms with E-state index in [0.717, 1.165) is 11.5 Å². The first-order valence-corrected chi connectivity index (χ1v) is 5.51. The average Bonchev–Trinajstić information content (AvgIpc) is 2.66. The summed E-state index contributed by atoms with van der Waals surface area (Å²) in [6.45, 7) is 4.98. The molecule has 0 amide bonds. The molecule has 1 aromatic rings. The first-order chi connectivity index (χ1) is 7.16. The van der Waals surface area contributed by atoms with Crippen LogP contribution in [0.1, 0.15) is 19.4 Å². The number of hydrogen-bond donors (Lipinski definition) is 0. The van der Waals surface area contributed by atoms with Crippen molar-refractivity contribution in [2.75, 3.05) is 6.61 Å². The van der Waals surface area contributed by atoms with Gasteiger partial charge < -0.3 is 4.74 Å². The standard InChI is InChI=1S/C12H14ClNO/c1-8(2)11-7-15-12(14-11)9-4-3-5-10(13)6-9/h3-6,8,11H,7H2,1-2H3/t11-/m1/s1. The maximum Gasteiger partial charge on any atom is 0.216 e. The van der Waals surface area contributed by atoms with Crippen LogP contribution in [0.15, 0.2) is 29.3 Å². The van der Waals surface area contributed by atoms with Gasteiger partial charge in [0.1, 0.15) is 6.61 Å². The van der Waals surface area contributed by atoms with E-state index in [1.807, 2.05) is 24.3 Å². The van der Waals surface area contributed by atoms with Gasteiger partial charge in [-0.2, -0.15) is 0 Å². The number of hydrogen-bond acceptors (Lipinski definition) is 2. The number of halogens is 1. The van der Waals surface area contributed by atoms with Gasteiger partial charge in [-0.15, -0.1) is 0 Å². The zero-order valence-corrected chi connectivity index (χ0v) is 9.66. The van der Waals surface area contributed by atoms with Crippen molar-refractivity contribution in [2.24, 2.45) is 10.9 Å². The minimum absolute atomic E-state index is 0.277. The summed E-state index contributed by atoms with van der Waals surface area (Å²) in [7, 11) is 0. The van der Waals surface area contributed by atoms with Crippen molar-refractivity contribution >= 4 is 17.5 Å². The van der Waals surface area contributed by atoms with Crippen molar-refractivity contribution < 1.29 is 4.74 Å². The monoisotopic (exact) mass is 223 g/mol. The molecule has 1 atom stereocenters. The summed E-state index contributed by atoms with van der Waals surface area (Å²) in [5, 5.41) is 0.715. The molecule has 1 heterocycles. The van der Waals surface area contributed by atoms with E-state index < -0.39 is 0 Å². The fourth-order valence-electron chi connectivity index (χ4n) is 1.51. The molecule has 0 N–H and O–H groups in total. The highest BCUT2D eigenvalue weighted by Crippen LogP contribution is 2.19. The van der Waals surface area contributed by atoms with Gasteiger partial charge >= 0.3 is 0 Å². The molecule has 15 heavy (non-hydrogen) atoms. The molecular formula is C12H14ClNO. The van der Waals surface area contributed by atoms with Crippen molar-refractivity contribution in [3.8, 4) is 0 Å². The summed E-state index contributed by atoms with van der Waals surface area (Å²) in [5.74, 6) is 1.23. The lowest BCUT2D eigenvalue weighted by Gasteiger charge is -2.06. The fourth-order valence-corrected chi connectivity index (χ4v) is 1.70. The first kappa shape index (κ1) is 10.5. The maximum absolute atomic E-state index is 5.91. The summed E-state index contributed by atoms with van der Waals surface area (Å²) < 4.78 is 5.56. The lowest BCUT2D eigenvalue weighted by Crippen LogP contribution is -2.13. The molecule has 0 saturated carbocycles. The Bertz CT molecular complexity index is 387. The van der Waals surface area contributed by atoms with Crippen LogP contribution in [0, 0.1) is 5.92 Å². The Morgan fingerprint density at radius 2 is 2.27 bits per heavy atom. The van der Waals surface area contributed by atoms with Crippen LogP contribution in [0.2, 0.25) is 5.02 Å². The molecule has 3 heteroatoms. The van der Waals surface area contributed by atoms with Gasteiger partial charge in [-0.05, 0) is 24.1 Å². The molecule has 0 unspecified atom stereocenters. The van der Waals surface area contributed by atoms with Crippen molar-refractivity contribution in [1.82, 2.24) is 0 Å². The lowest BCUT2D eigenvalue weighted by atomic mass is 10.1. The van der Waals surface area contributed by atoms with Crippen LogP contribution < -0.4 is 0 Å². The Hall–Kier alpha value is -1.02. The van der Waals surface area contributed by atoms with Gasteiger partial charge in [-0.1, -0.05) is 31.5 Å². The van der Waals surface area contributed by atoms with Crippen LogP contribution in [0.25, 0.3) is 0 Å². The third-order valence-corrected chi connectivity index (χ3v) is 2.75. The topological polar surface area (TPSA) is 21.6 Å². The fraction of sp³-hybridized carbons (Fsp3) is 0.417. The van der Waals surface area contributed by atoms with Gasteiger partial charge in [-0.3, -0.25) is 0 Å². The Labute approximate surface area is 94.9 Å². The minimum Gasteiger partial charge on any atom is -0.475 e. The van der Waals surface area contributed by atoms with E-state index in [1.165, 1.54) is 0 Å². The van der Waals surface area contributed by atoms with Crippen molar-refractivity contribution in [1.29, 1.82) is 0 Å². The largest absolute Gasteiger partial charge is 0.475 e. The molecule has 0 saturated heterocycles. The quantitative estimate of drug-likeness (QED) is 0.755. The lowest BCUT2D eigenvalue weighted by molar-refractivity contribution is 0.292. The van der Waals surface area contributed by atoms with Gasteiger partial charge in [0.25, 0.3) is 0 Å². The Morgan fingerprint density at radius 1 is 1.47 bits per heavy atom. The number of rotatable bonds is 2. The van der Waals surface area contributed by atoms with Crippen molar-refractivity contribution in [2.45, 2.75) is 19.9 Å². The van der Waals surface area contributed by atoms with Crippen LogP contribution >= 0.6 is 11.6 Å². The number of aliphatic imine (C=N–C) groups is 1. The zero-order valence-electron chi connectivity index (χ0n) is 8.90. The van der Waals surface area contributed by atoms with E-state index in [2.05, 4.69) is 18.8 Å². The van der Waals surface area contributed by atoms with Gasteiger partial charge in [0.2, 0.25) is 5.90 Å². The number of ether oxygens (including phenoxy) is 1. The van der Waals surface area contributed by atoms with E-state index in [9.17, 15) is 0 Å². The molecule has 0 aliphatic carbocycles. The number of benzene rings is 1. The highest BCUT2D eigenvalue weighted by atomic mass is 35.5. The molecule has 2 rings (SSSR count). The zero-order chi connectivity index (χ0) is 10.8. The Balaban J connectivity index is 2.22. The van der Waals surface area contributed by atoms with E-state index in [-0.39, 0.29) is 6.04 Å². The van der Waals surface area contributed by atoms with Gasteiger partial charge in [-0.25, -0.2) is 4.99 Å². The van der Waals surface area contributed by atoms with Crippen LogP contribution in [-0.2, 0) is 4.74 Å². The first-order valence-electron chi connectivity index (χ1n) is 5.13. The molecule has 1 aromatic carbocycles. The molecule has 2 nitrogen and oxygen atoms in total. The van der Waals surface area contributed by atoms with E-state index >= 15 is 0 Å². The minimum atomic E-state index is 0.277. The summed E-state index contributed by atoms with van der Waals surface area (Å²) in [6.07, 6.45) is 0. The second kappa shape index (κ2) is 4.23. The predicted octanol–water partition coefficient (Wildman–Crippen LogP) is 3.14. The molecule has 0 radical (unpaired) electrons. The maximum atomic E-state index is 5.91. The van der Waals surface area contributed by atoms with E-state index in [4.69, 9.17) is 16.3 Å². The van der Waals surface area contributed by atoms with E-state index in [1.54, 1.807) is 0 Å². The SMILES string of the molecule is CC(C)[C@H]1COC(c2cccc(Cl)c2)=N1. The normalized spacial score (nSPS) is 20.3. The highest BCUT2D eigenvalue weighted by Gasteiger charge is 2.22. The summed E-state index contributed by atoms with van der Waals surface area (Å²) in [4.78, 5) is 4.53. The smallest absolute Gasteiger partial charge is 0.216 e. The second-order valence-electron chi connectivity index (χ2n) is 4.07. The third-order valence-electron chi connectivity index (χ3n) is 2.52. The van der Waals surface area contributed by atoms with E-state index in [0.29, 0.717) is 17.5 Å². The predicted molar refractivity (Wildman–Crippen MR) is 62.6 cm³/mol. The molecule has 0 spiro atoms. The summed E-state index contributed by atoms with van der Waals surface area (Å²) in [6, 6.07) is 7.88. The van der Waals surface area contributed by atoms with Crippen LogP contribution in [-0.4, -0.2) is 18.5 Å². The summed E-state index contributed by atoms with van der Waals surface area (Å²) >= 11 is 5.91. The van der Waals surface area contributed by atoms with Gasteiger partial charge in [0.05, 0.1) is 6.04 Å². The second-order valence-corrected chi connectivity index (χ2v) is 4.50. The van der Waals surface area contributed by atoms with Gasteiger partial charge in [0, 0.05) is 10.6 Å². The molecular weight excluding hydrogens is 210 g/mol. The average molecular weight is 224 g/mol. The third kappa shape index (κ3) is 2.32. The molecule has 0 aromatic heterocycles. The molecule has 80 valence electrons. The van der Waals surface area contributed by atoms with Crippen molar-refractivity contribution in [3.63, 3.8) is 0 Å². The van der Waals surface area contributed by atoms with Crippen LogP contribution in [0.3, 0.4) is 0 Å². The molecule has 0 fully saturated rings. The molecule has 0 bridgehead atoms. The number of nitrogens with zero attached hydrogens (tertiary/aromatic N) is 1. The van der Waals surface area contributed by atoms with Crippen LogP contribution in [0.4, 0.5) is 0 Å². The summed E-state index contributed by atoms with van der Waals surface area (Å²) in [5.41, 5.74) is 0.964. The van der Waals surface area contributed by atoms with Crippen molar-refractivity contribution in [3.05, 3.63) is 34.9 Å². The molecule has 1 aliphatic rings. The van der Waals surface area contributed by atoms with Crippen LogP contribution in [0.5, 0.6) is 0 Å².